The molecule has 1 amide bonds. The van der Waals surface area contributed by atoms with Gasteiger partial charge in [-0.1, -0.05) is 26.0 Å². The Morgan fingerprint density at radius 2 is 2.11 bits per heavy atom. The summed E-state index contributed by atoms with van der Waals surface area (Å²) in [6.07, 6.45) is 2.53. The summed E-state index contributed by atoms with van der Waals surface area (Å²) in [6, 6.07) is 7.24. The van der Waals surface area contributed by atoms with Crippen molar-refractivity contribution in [2.75, 3.05) is 11.9 Å². The lowest BCUT2D eigenvalue weighted by molar-refractivity contribution is -0.131. The van der Waals surface area contributed by atoms with Crippen molar-refractivity contribution >= 4 is 23.6 Å². The van der Waals surface area contributed by atoms with Gasteiger partial charge in [-0.2, -0.15) is 0 Å². The maximum absolute atomic E-state index is 11.6. The molecule has 5 nitrogen and oxygen atoms in total. The fourth-order valence-corrected chi connectivity index (χ4v) is 1.39. The predicted octanol–water partition coefficient (Wildman–Crippen LogP) is 1.72. The molecule has 0 aromatic heterocycles. The van der Waals surface area contributed by atoms with Crippen molar-refractivity contribution in [2.45, 2.75) is 19.9 Å². The average molecular weight is 262 g/mol. The van der Waals surface area contributed by atoms with E-state index in [2.05, 4.69) is 10.6 Å². The minimum absolute atomic E-state index is 0.131. The molecule has 3 N–H and O–H groups in total. The van der Waals surface area contributed by atoms with E-state index in [1.54, 1.807) is 24.3 Å². The summed E-state index contributed by atoms with van der Waals surface area (Å²) in [6.45, 7) is 4.17. The lowest BCUT2D eigenvalue weighted by Crippen LogP contribution is -2.32. The van der Waals surface area contributed by atoms with Crippen LogP contribution in [0, 0.1) is 0 Å². The van der Waals surface area contributed by atoms with E-state index in [4.69, 9.17) is 5.11 Å². The SMILES string of the molecule is CC(C)NCC(=O)Nc1cccc(/C=C/C(=O)O)c1. The van der Waals surface area contributed by atoms with Crippen molar-refractivity contribution in [3.05, 3.63) is 35.9 Å². The number of aliphatic carboxylic acids is 1. The number of carbonyl (C=O) groups is 2. The second-order valence-corrected chi connectivity index (χ2v) is 4.38. The zero-order chi connectivity index (χ0) is 14.3. The summed E-state index contributed by atoms with van der Waals surface area (Å²) >= 11 is 0. The molecule has 0 atom stereocenters. The van der Waals surface area contributed by atoms with Gasteiger partial charge < -0.3 is 15.7 Å². The number of hydrogen-bond donors (Lipinski definition) is 3. The van der Waals surface area contributed by atoms with Gasteiger partial charge in [0, 0.05) is 17.8 Å². The summed E-state index contributed by atoms with van der Waals surface area (Å²) in [5.74, 6) is -1.14. The van der Waals surface area contributed by atoms with Crippen LogP contribution >= 0.6 is 0 Å². The Labute approximate surface area is 112 Å². The first-order valence-electron chi connectivity index (χ1n) is 6.01. The van der Waals surface area contributed by atoms with Gasteiger partial charge in [0.2, 0.25) is 5.91 Å². The van der Waals surface area contributed by atoms with Crippen LogP contribution in [0.5, 0.6) is 0 Å². The molecule has 0 spiro atoms. The van der Waals surface area contributed by atoms with Gasteiger partial charge in [0.1, 0.15) is 0 Å². The van der Waals surface area contributed by atoms with Crippen molar-refractivity contribution in [1.82, 2.24) is 5.32 Å². The monoisotopic (exact) mass is 262 g/mol. The number of hydrogen-bond acceptors (Lipinski definition) is 3. The molecule has 1 aromatic rings. The van der Waals surface area contributed by atoms with E-state index >= 15 is 0 Å². The van der Waals surface area contributed by atoms with Crippen LogP contribution in [0.25, 0.3) is 6.08 Å². The zero-order valence-electron chi connectivity index (χ0n) is 11.0. The van der Waals surface area contributed by atoms with Crippen LogP contribution < -0.4 is 10.6 Å². The Hall–Kier alpha value is -2.14. The highest BCUT2D eigenvalue weighted by atomic mass is 16.4. The van der Waals surface area contributed by atoms with E-state index in [1.807, 2.05) is 13.8 Å². The fourth-order valence-electron chi connectivity index (χ4n) is 1.39. The third-order valence-corrected chi connectivity index (χ3v) is 2.26. The van der Waals surface area contributed by atoms with E-state index in [0.29, 0.717) is 5.69 Å². The quantitative estimate of drug-likeness (QED) is 0.682. The highest BCUT2D eigenvalue weighted by molar-refractivity contribution is 5.92. The smallest absolute Gasteiger partial charge is 0.328 e. The third-order valence-electron chi connectivity index (χ3n) is 2.26. The first kappa shape index (κ1) is 14.9. The lowest BCUT2D eigenvalue weighted by atomic mass is 10.2. The van der Waals surface area contributed by atoms with Crippen molar-refractivity contribution in [3.63, 3.8) is 0 Å². The maximum Gasteiger partial charge on any atom is 0.328 e. The number of rotatable bonds is 6. The molecule has 0 heterocycles. The Kier molecular flexibility index (Phi) is 5.75. The number of benzene rings is 1. The second-order valence-electron chi connectivity index (χ2n) is 4.38. The summed E-state index contributed by atoms with van der Waals surface area (Å²) in [5, 5.41) is 14.3. The van der Waals surface area contributed by atoms with E-state index in [9.17, 15) is 9.59 Å². The number of amides is 1. The Morgan fingerprint density at radius 1 is 1.37 bits per heavy atom. The summed E-state index contributed by atoms with van der Waals surface area (Å²) < 4.78 is 0. The fraction of sp³-hybridized carbons (Fsp3) is 0.286. The predicted molar refractivity (Wildman–Crippen MR) is 74.9 cm³/mol. The third kappa shape index (κ3) is 6.38. The molecule has 0 saturated heterocycles. The van der Waals surface area contributed by atoms with Gasteiger partial charge in [-0.05, 0) is 23.8 Å². The number of carboxylic acids is 1. The number of carbonyl (C=O) groups excluding carboxylic acids is 1. The first-order valence-corrected chi connectivity index (χ1v) is 6.01. The number of anilines is 1. The van der Waals surface area contributed by atoms with E-state index in [-0.39, 0.29) is 18.5 Å². The van der Waals surface area contributed by atoms with Crippen LogP contribution in [-0.4, -0.2) is 29.6 Å². The van der Waals surface area contributed by atoms with E-state index in [0.717, 1.165) is 11.6 Å². The number of nitrogens with one attached hydrogen (secondary N) is 2. The average Bonchev–Trinajstić information content (AvgIpc) is 2.34. The van der Waals surface area contributed by atoms with Crippen molar-refractivity contribution < 1.29 is 14.7 Å². The molecule has 0 aliphatic rings. The molecule has 0 bridgehead atoms. The Balaban J connectivity index is 2.61. The normalized spacial score (nSPS) is 10.9. The van der Waals surface area contributed by atoms with Gasteiger partial charge >= 0.3 is 5.97 Å². The van der Waals surface area contributed by atoms with Crippen LogP contribution in [0.3, 0.4) is 0 Å². The molecule has 0 unspecified atom stereocenters. The van der Waals surface area contributed by atoms with E-state index in [1.165, 1.54) is 6.08 Å². The molecule has 5 heteroatoms. The van der Waals surface area contributed by atoms with Gasteiger partial charge in [-0.25, -0.2) is 4.79 Å². The Bertz CT molecular complexity index is 481. The molecular formula is C14H18N2O3. The minimum atomic E-state index is -1.00. The van der Waals surface area contributed by atoms with Crippen LogP contribution in [-0.2, 0) is 9.59 Å². The molecule has 1 rings (SSSR count). The topological polar surface area (TPSA) is 78.4 Å². The first-order chi connectivity index (χ1) is 8.97. The van der Waals surface area contributed by atoms with Gasteiger partial charge in [0.15, 0.2) is 0 Å². The molecule has 102 valence electrons. The highest BCUT2D eigenvalue weighted by Crippen LogP contribution is 2.11. The van der Waals surface area contributed by atoms with Crippen LogP contribution in [0.15, 0.2) is 30.3 Å². The van der Waals surface area contributed by atoms with E-state index < -0.39 is 5.97 Å². The molecule has 0 fully saturated rings. The van der Waals surface area contributed by atoms with Gasteiger partial charge in [0.05, 0.1) is 6.54 Å². The molecule has 0 aliphatic carbocycles. The van der Waals surface area contributed by atoms with Gasteiger partial charge in [-0.3, -0.25) is 4.79 Å². The minimum Gasteiger partial charge on any atom is -0.478 e. The largest absolute Gasteiger partial charge is 0.478 e. The van der Waals surface area contributed by atoms with Crippen molar-refractivity contribution in [1.29, 1.82) is 0 Å². The zero-order valence-corrected chi connectivity index (χ0v) is 11.0. The summed E-state index contributed by atoms with van der Waals surface area (Å²) in [5.41, 5.74) is 1.36. The second kappa shape index (κ2) is 7.33. The van der Waals surface area contributed by atoms with Crippen LogP contribution in [0.1, 0.15) is 19.4 Å². The highest BCUT2D eigenvalue weighted by Gasteiger charge is 2.03. The molecule has 0 saturated carbocycles. The van der Waals surface area contributed by atoms with Gasteiger partial charge in [-0.15, -0.1) is 0 Å². The summed E-state index contributed by atoms with van der Waals surface area (Å²) in [4.78, 5) is 22.0. The maximum atomic E-state index is 11.6. The molecule has 0 aliphatic heterocycles. The number of carboxylic acid groups (broad SMARTS) is 1. The molecule has 1 aromatic carbocycles. The Morgan fingerprint density at radius 3 is 2.74 bits per heavy atom. The van der Waals surface area contributed by atoms with Gasteiger partial charge in [0.25, 0.3) is 0 Å². The lowest BCUT2D eigenvalue weighted by Gasteiger charge is -2.09. The van der Waals surface area contributed by atoms with Crippen LogP contribution in [0.2, 0.25) is 0 Å². The molecule has 19 heavy (non-hydrogen) atoms. The van der Waals surface area contributed by atoms with Crippen molar-refractivity contribution in [3.8, 4) is 0 Å². The summed E-state index contributed by atoms with van der Waals surface area (Å²) in [7, 11) is 0. The standard InChI is InChI=1S/C14H18N2O3/c1-10(2)15-9-13(17)16-12-5-3-4-11(8-12)6-7-14(18)19/h3-8,10,15H,9H2,1-2H3,(H,16,17)(H,18,19)/b7-6+. The molecule has 0 radical (unpaired) electrons. The molecular weight excluding hydrogens is 244 g/mol. The van der Waals surface area contributed by atoms with Crippen LogP contribution in [0.4, 0.5) is 5.69 Å². The van der Waals surface area contributed by atoms with Crippen molar-refractivity contribution in [2.24, 2.45) is 0 Å².